The van der Waals surface area contributed by atoms with Gasteiger partial charge < -0.3 is 15.3 Å². The van der Waals surface area contributed by atoms with Gasteiger partial charge in [-0.3, -0.25) is 9.59 Å². The molecule has 138 valence electrons. The van der Waals surface area contributed by atoms with Crippen LogP contribution in [0.3, 0.4) is 0 Å². The molecule has 3 rings (SSSR count). The Kier molecular flexibility index (Phi) is 5.13. The fraction of sp³-hybridized carbons (Fsp3) is 0.211. The van der Waals surface area contributed by atoms with Crippen LogP contribution < -0.4 is 10.2 Å². The van der Waals surface area contributed by atoms with Gasteiger partial charge in [-0.25, -0.2) is 4.39 Å². The maximum atomic E-state index is 13.4. The molecule has 0 radical (unpaired) electrons. The SMILES string of the molecule is N#Cc1cccc(N2CC[C@](O)(C(=O)NCc3cc(F)cc(Cl)c3)C2=O)c1. The van der Waals surface area contributed by atoms with Crippen LogP contribution in [0.5, 0.6) is 0 Å². The molecule has 1 aliphatic heterocycles. The van der Waals surface area contributed by atoms with E-state index in [1.807, 2.05) is 6.07 Å². The zero-order valence-corrected chi connectivity index (χ0v) is 14.8. The minimum atomic E-state index is -2.22. The number of rotatable bonds is 4. The maximum absolute atomic E-state index is 13.4. The van der Waals surface area contributed by atoms with Gasteiger partial charge in [0.1, 0.15) is 5.82 Å². The van der Waals surface area contributed by atoms with E-state index in [1.165, 1.54) is 23.1 Å². The lowest BCUT2D eigenvalue weighted by Gasteiger charge is -2.22. The van der Waals surface area contributed by atoms with Crippen LogP contribution in [0.15, 0.2) is 42.5 Å². The third-order valence-corrected chi connectivity index (χ3v) is 4.55. The minimum Gasteiger partial charge on any atom is -0.372 e. The first-order valence-electron chi connectivity index (χ1n) is 8.11. The molecule has 8 heteroatoms. The molecular weight excluding hydrogens is 373 g/mol. The summed E-state index contributed by atoms with van der Waals surface area (Å²) in [6, 6.07) is 12.1. The standard InChI is InChI=1S/C19H15ClFN3O3/c20-14-6-13(7-15(21)9-14)11-23-17(25)19(27)4-5-24(18(19)26)16-3-1-2-12(8-16)10-22/h1-3,6-9,27H,4-5,11H2,(H,23,25)/t19-/m0/s1. The normalized spacial score (nSPS) is 19.0. The van der Waals surface area contributed by atoms with E-state index in [9.17, 15) is 19.1 Å². The summed E-state index contributed by atoms with van der Waals surface area (Å²) in [6.45, 7) is 0.0409. The molecule has 2 aromatic rings. The average Bonchev–Trinajstić information content (AvgIpc) is 2.95. The number of hydrogen-bond acceptors (Lipinski definition) is 4. The van der Waals surface area contributed by atoms with Gasteiger partial charge in [-0.2, -0.15) is 5.26 Å². The highest BCUT2D eigenvalue weighted by Gasteiger charge is 2.51. The van der Waals surface area contributed by atoms with Gasteiger partial charge in [0.25, 0.3) is 11.8 Å². The molecule has 2 amide bonds. The van der Waals surface area contributed by atoms with Gasteiger partial charge in [0.2, 0.25) is 5.60 Å². The summed E-state index contributed by atoms with van der Waals surface area (Å²) in [6.07, 6.45) is -0.0989. The number of carbonyl (C=O) groups is 2. The largest absolute Gasteiger partial charge is 0.372 e. The number of hydrogen-bond donors (Lipinski definition) is 2. The molecule has 0 saturated carbocycles. The molecule has 0 spiro atoms. The highest BCUT2D eigenvalue weighted by Crippen LogP contribution is 2.29. The van der Waals surface area contributed by atoms with Crippen molar-refractivity contribution in [1.82, 2.24) is 5.32 Å². The van der Waals surface area contributed by atoms with Crippen molar-refractivity contribution in [3.05, 3.63) is 64.4 Å². The Hall–Kier alpha value is -2.95. The predicted molar refractivity (Wildman–Crippen MR) is 96.3 cm³/mol. The summed E-state index contributed by atoms with van der Waals surface area (Å²) in [7, 11) is 0. The lowest BCUT2D eigenvalue weighted by atomic mass is 10.0. The third kappa shape index (κ3) is 3.77. The summed E-state index contributed by atoms with van der Waals surface area (Å²) < 4.78 is 13.4. The molecule has 2 aromatic carbocycles. The van der Waals surface area contributed by atoms with E-state index in [1.54, 1.807) is 18.2 Å². The zero-order valence-electron chi connectivity index (χ0n) is 14.1. The number of nitrogens with zero attached hydrogens (tertiary/aromatic N) is 2. The van der Waals surface area contributed by atoms with Gasteiger partial charge in [-0.15, -0.1) is 0 Å². The molecule has 0 aromatic heterocycles. The molecular formula is C19H15ClFN3O3. The Morgan fingerprint density at radius 3 is 2.85 bits per heavy atom. The van der Waals surface area contributed by atoms with Crippen LogP contribution in [0.25, 0.3) is 0 Å². The van der Waals surface area contributed by atoms with E-state index < -0.39 is 23.2 Å². The second-order valence-corrected chi connectivity index (χ2v) is 6.63. The minimum absolute atomic E-state index is 0.0875. The van der Waals surface area contributed by atoms with Gasteiger partial charge in [0.15, 0.2) is 0 Å². The van der Waals surface area contributed by atoms with Crippen LogP contribution in [0.1, 0.15) is 17.5 Å². The Morgan fingerprint density at radius 2 is 2.15 bits per heavy atom. The monoisotopic (exact) mass is 387 g/mol. The molecule has 6 nitrogen and oxygen atoms in total. The topological polar surface area (TPSA) is 93.4 Å². The lowest BCUT2D eigenvalue weighted by Crippen LogP contribution is -2.52. The van der Waals surface area contributed by atoms with Gasteiger partial charge in [-0.1, -0.05) is 17.7 Å². The molecule has 2 N–H and O–H groups in total. The summed E-state index contributed by atoms with van der Waals surface area (Å²) in [5.41, 5.74) is -1.02. The molecule has 1 aliphatic rings. The van der Waals surface area contributed by atoms with Gasteiger partial charge in [0.05, 0.1) is 11.6 Å². The highest BCUT2D eigenvalue weighted by atomic mass is 35.5. The van der Waals surface area contributed by atoms with Crippen molar-refractivity contribution >= 4 is 29.1 Å². The molecule has 1 saturated heterocycles. The van der Waals surface area contributed by atoms with Crippen molar-refractivity contribution < 1.29 is 19.1 Å². The molecule has 0 aliphatic carbocycles. The Labute approximate surface area is 159 Å². The maximum Gasteiger partial charge on any atom is 0.268 e. The van der Waals surface area contributed by atoms with E-state index >= 15 is 0 Å². The number of halogens is 2. The number of benzene rings is 2. The fourth-order valence-corrected chi connectivity index (χ4v) is 3.19. The quantitative estimate of drug-likeness (QED) is 0.786. The van der Waals surface area contributed by atoms with Crippen molar-refractivity contribution in [3.8, 4) is 6.07 Å². The number of nitriles is 1. The van der Waals surface area contributed by atoms with E-state index in [4.69, 9.17) is 16.9 Å². The Morgan fingerprint density at radius 1 is 1.37 bits per heavy atom. The molecule has 27 heavy (non-hydrogen) atoms. The van der Waals surface area contributed by atoms with Crippen LogP contribution in [-0.4, -0.2) is 29.1 Å². The first-order chi connectivity index (χ1) is 12.8. The Balaban J connectivity index is 1.73. The van der Waals surface area contributed by atoms with Gasteiger partial charge in [0, 0.05) is 30.2 Å². The number of amides is 2. The van der Waals surface area contributed by atoms with Crippen LogP contribution in [0.2, 0.25) is 5.02 Å². The summed E-state index contributed by atoms with van der Waals surface area (Å²) in [5.74, 6) is -2.19. The van der Waals surface area contributed by atoms with Crippen molar-refractivity contribution in [3.63, 3.8) is 0 Å². The van der Waals surface area contributed by atoms with Crippen molar-refractivity contribution in [1.29, 1.82) is 5.26 Å². The van der Waals surface area contributed by atoms with Crippen molar-refractivity contribution in [2.45, 2.75) is 18.6 Å². The first-order valence-corrected chi connectivity index (χ1v) is 8.49. The molecule has 1 atom stereocenters. The van der Waals surface area contributed by atoms with Crippen LogP contribution in [-0.2, 0) is 16.1 Å². The van der Waals surface area contributed by atoms with Crippen LogP contribution in [0.4, 0.5) is 10.1 Å². The number of aliphatic hydroxyl groups is 1. The van der Waals surface area contributed by atoms with E-state index in [-0.39, 0.29) is 24.5 Å². The van der Waals surface area contributed by atoms with Crippen LogP contribution in [0, 0.1) is 17.1 Å². The van der Waals surface area contributed by atoms with Gasteiger partial charge >= 0.3 is 0 Å². The number of nitrogens with one attached hydrogen (secondary N) is 1. The number of carbonyl (C=O) groups excluding carboxylic acids is 2. The average molecular weight is 388 g/mol. The van der Waals surface area contributed by atoms with Gasteiger partial charge in [-0.05, 0) is 42.0 Å². The van der Waals surface area contributed by atoms with E-state index in [0.29, 0.717) is 16.8 Å². The molecule has 1 heterocycles. The summed E-state index contributed by atoms with van der Waals surface area (Å²) in [5, 5.41) is 22.2. The third-order valence-electron chi connectivity index (χ3n) is 4.33. The molecule has 0 bridgehead atoms. The molecule has 1 fully saturated rings. The second kappa shape index (κ2) is 7.35. The first kappa shape index (κ1) is 18.8. The zero-order chi connectivity index (χ0) is 19.6. The van der Waals surface area contributed by atoms with E-state index in [2.05, 4.69) is 5.32 Å². The second-order valence-electron chi connectivity index (χ2n) is 6.19. The van der Waals surface area contributed by atoms with Crippen LogP contribution >= 0.6 is 11.6 Å². The molecule has 0 unspecified atom stereocenters. The number of anilines is 1. The predicted octanol–water partition coefficient (Wildman–Crippen LogP) is 2.13. The fourth-order valence-electron chi connectivity index (χ4n) is 2.95. The highest BCUT2D eigenvalue weighted by molar-refractivity contribution is 6.30. The van der Waals surface area contributed by atoms with Crippen molar-refractivity contribution in [2.75, 3.05) is 11.4 Å². The van der Waals surface area contributed by atoms with E-state index in [0.717, 1.165) is 6.07 Å². The summed E-state index contributed by atoms with van der Waals surface area (Å²) in [4.78, 5) is 26.3. The van der Waals surface area contributed by atoms with Crippen molar-refractivity contribution in [2.24, 2.45) is 0 Å². The smallest absolute Gasteiger partial charge is 0.268 e. The summed E-state index contributed by atoms with van der Waals surface area (Å²) >= 11 is 5.77. The Bertz CT molecular complexity index is 939. The lowest BCUT2D eigenvalue weighted by molar-refractivity contribution is -0.149.